The van der Waals surface area contributed by atoms with E-state index in [4.69, 9.17) is 16.3 Å². The zero-order valence-corrected chi connectivity index (χ0v) is 17.6. The number of nitrogens with zero attached hydrogens (tertiary/aromatic N) is 1. The number of ether oxygens (including phenoxy) is 1. The van der Waals surface area contributed by atoms with Crippen LogP contribution >= 0.6 is 22.9 Å². The van der Waals surface area contributed by atoms with Gasteiger partial charge in [-0.1, -0.05) is 35.4 Å². The van der Waals surface area contributed by atoms with Crippen LogP contribution in [0.25, 0.3) is 11.3 Å². The molecule has 2 aromatic carbocycles. The smallest absolute Gasteiger partial charge is 0.232 e. The van der Waals surface area contributed by atoms with Gasteiger partial charge in [0, 0.05) is 22.5 Å². The number of hydrazine groups is 1. The Balaban J connectivity index is 1.51. The molecule has 2 unspecified atom stereocenters. The van der Waals surface area contributed by atoms with Gasteiger partial charge in [-0.2, -0.15) is 0 Å². The molecule has 2 heterocycles. The van der Waals surface area contributed by atoms with Gasteiger partial charge in [-0.15, -0.1) is 11.3 Å². The molecular weight excluding hydrogens is 408 g/mol. The quantitative estimate of drug-likeness (QED) is 0.568. The van der Waals surface area contributed by atoms with Crippen molar-refractivity contribution in [2.45, 2.75) is 13.0 Å². The van der Waals surface area contributed by atoms with Crippen LogP contribution in [0.15, 0.2) is 47.8 Å². The average Bonchev–Trinajstić information content (AvgIpc) is 3.38. The number of carbonyl (C=O) groups excluding carboxylic acids is 1. The van der Waals surface area contributed by atoms with Gasteiger partial charge in [0.25, 0.3) is 0 Å². The first-order valence-electron chi connectivity index (χ1n) is 9.20. The number of amides is 1. The summed E-state index contributed by atoms with van der Waals surface area (Å²) in [5, 5.41) is 6.12. The van der Waals surface area contributed by atoms with Crippen LogP contribution < -0.4 is 20.9 Å². The van der Waals surface area contributed by atoms with Gasteiger partial charge in [0.2, 0.25) is 5.91 Å². The molecule has 1 aliphatic heterocycles. The molecule has 1 fully saturated rings. The predicted molar refractivity (Wildman–Crippen MR) is 116 cm³/mol. The normalized spacial score (nSPS) is 18.6. The molecule has 2 atom stereocenters. The minimum absolute atomic E-state index is 0.0837. The van der Waals surface area contributed by atoms with Crippen LogP contribution in [0.3, 0.4) is 0 Å². The number of benzene rings is 2. The van der Waals surface area contributed by atoms with Crippen molar-refractivity contribution in [3.05, 3.63) is 64.0 Å². The fourth-order valence-corrected chi connectivity index (χ4v) is 4.24. The summed E-state index contributed by atoms with van der Waals surface area (Å²) in [6, 6.07) is 13.3. The molecular formula is C21H21ClN4O2S. The maximum Gasteiger partial charge on any atom is 0.232 e. The lowest BCUT2D eigenvalue weighted by molar-refractivity contribution is -0.119. The number of hydrogen-bond acceptors (Lipinski definition) is 6. The van der Waals surface area contributed by atoms with E-state index >= 15 is 0 Å². The van der Waals surface area contributed by atoms with Gasteiger partial charge >= 0.3 is 0 Å². The number of thiazole rings is 1. The largest absolute Gasteiger partial charge is 0.496 e. The summed E-state index contributed by atoms with van der Waals surface area (Å²) >= 11 is 7.38. The predicted octanol–water partition coefficient (Wildman–Crippen LogP) is 4.18. The van der Waals surface area contributed by atoms with Crippen molar-refractivity contribution >= 4 is 34.0 Å². The third-order valence-electron chi connectivity index (χ3n) is 4.91. The van der Waals surface area contributed by atoms with Gasteiger partial charge in [-0.05, 0) is 36.8 Å². The van der Waals surface area contributed by atoms with Crippen LogP contribution in [0, 0.1) is 12.8 Å². The minimum atomic E-state index is -0.267. The fraction of sp³-hybridized carbons (Fsp3) is 0.238. The average molecular weight is 429 g/mol. The number of rotatable bonds is 5. The van der Waals surface area contributed by atoms with E-state index in [1.807, 2.05) is 54.8 Å². The van der Waals surface area contributed by atoms with E-state index in [0.29, 0.717) is 16.7 Å². The van der Waals surface area contributed by atoms with Crippen molar-refractivity contribution in [2.75, 3.05) is 19.0 Å². The maximum absolute atomic E-state index is 12.9. The Morgan fingerprint density at radius 2 is 2.07 bits per heavy atom. The Kier molecular flexibility index (Phi) is 5.82. The summed E-state index contributed by atoms with van der Waals surface area (Å²) < 4.78 is 5.45. The van der Waals surface area contributed by atoms with E-state index in [9.17, 15) is 4.79 Å². The van der Waals surface area contributed by atoms with Crippen LogP contribution in [0.4, 0.5) is 5.13 Å². The molecule has 4 rings (SSSR count). The Morgan fingerprint density at radius 1 is 1.28 bits per heavy atom. The number of nitrogens with one attached hydrogen (secondary N) is 3. The van der Waals surface area contributed by atoms with E-state index in [2.05, 4.69) is 21.2 Å². The maximum atomic E-state index is 12.9. The van der Waals surface area contributed by atoms with Crippen molar-refractivity contribution in [3.8, 4) is 17.0 Å². The Morgan fingerprint density at radius 3 is 2.83 bits per heavy atom. The minimum Gasteiger partial charge on any atom is -0.496 e. The first kappa shape index (κ1) is 19.8. The molecule has 8 heteroatoms. The van der Waals surface area contributed by atoms with Gasteiger partial charge in [0.05, 0.1) is 24.8 Å². The summed E-state index contributed by atoms with van der Waals surface area (Å²) in [7, 11) is 1.64. The molecule has 1 aliphatic rings. The lowest BCUT2D eigenvalue weighted by Gasteiger charge is -2.17. The van der Waals surface area contributed by atoms with Gasteiger partial charge in [-0.25, -0.2) is 10.4 Å². The molecule has 29 heavy (non-hydrogen) atoms. The van der Waals surface area contributed by atoms with Gasteiger partial charge in [0.1, 0.15) is 5.75 Å². The molecule has 0 radical (unpaired) electrons. The van der Waals surface area contributed by atoms with Crippen molar-refractivity contribution in [1.82, 2.24) is 15.8 Å². The third-order valence-corrected chi connectivity index (χ3v) is 5.92. The van der Waals surface area contributed by atoms with Crippen LogP contribution in [0.2, 0.25) is 5.02 Å². The molecule has 150 valence electrons. The summed E-state index contributed by atoms with van der Waals surface area (Å²) in [5.41, 5.74) is 10.1. The molecule has 0 saturated carbocycles. The van der Waals surface area contributed by atoms with Crippen LogP contribution in [0.5, 0.6) is 5.75 Å². The number of halogens is 1. The van der Waals surface area contributed by atoms with E-state index in [-0.39, 0.29) is 17.9 Å². The highest BCUT2D eigenvalue weighted by Crippen LogP contribution is 2.34. The third kappa shape index (κ3) is 4.28. The lowest BCUT2D eigenvalue weighted by Crippen LogP contribution is -2.29. The summed E-state index contributed by atoms with van der Waals surface area (Å²) in [6.07, 6.45) is 0. The van der Waals surface area contributed by atoms with E-state index in [0.717, 1.165) is 28.1 Å². The standard InChI is InChI=1S/C21H21ClN4O2S/c1-12-3-8-18(28-2)15(9-12)17-11-29-21(24-17)25-20(27)16-10-23-26-19(16)13-4-6-14(22)7-5-13/h3-9,11,16,19,23,26H,10H2,1-2H3,(H,24,25,27). The van der Waals surface area contributed by atoms with Crippen molar-refractivity contribution in [2.24, 2.45) is 5.92 Å². The summed E-state index contributed by atoms with van der Waals surface area (Å²) in [4.78, 5) is 17.5. The number of methoxy groups -OCH3 is 1. The first-order chi connectivity index (χ1) is 14.0. The highest BCUT2D eigenvalue weighted by Gasteiger charge is 2.34. The van der Waals surface area contributed by atoms with Gasteiger partial charge in [0.15, 0.2) is 5.13 Å². The first-order valence-corrected chi connectivity index (χ1v) is 10.5. The van der Waals surface area contributed by atoms with Crippen molar-refractivity contribution in [1.29, 1.82) is 0 Å². The fourth-order valence-electron chi connectivity index (χ4n) is 3.40. The highest BCUT2D eigenvalue weighted by atomic mass is 35.5. The SMILES string of the molecule is COc1ccc(C)cc1-c1csc(NC(=O)C2CNNC2c2ccc(Cl)cc2)n1. The lowest BCUT2D eigenvalue weighted by atomic mass is 9.94. The molecule has 0 aliphatic carbocycles. The van der Waals surface area contributed by atoms with E-state index in [1.54, 1.807) is 7.11 Å². The molecule has 3 N–H and O–H groups in total. The number of anilines is 1. The Hall–Kier alpha value is -2.45. The van der Waals surface area contributed by atoms with Gasteiger partial charge in [-0.3, -0.25) is 10.2 Å². The summed E-state index contributed by atoms with van der Waals surface area (Å²) in [5.74, 6) is 0.405. The highest BCUT2D eigenvalue weighted by molar-refractivity contribution is 7.14. The number of hydrogen-bond donors (Lipinski definition) is 3. The molecule has 1 aromatic heterocycles. The summed E-state index contributed by atoms with van der Waals surface area (Å²) in [6.45, 7) is 2.55. The second kappa shape index (κ2) is 8.51. The zero-order valence-electron chi connectivity index (χ0n) is 16.0. The number of carbonyl (C=O) groups is 1. The molecule has 0 bridgehead atoms. The van der Waals surface area contributed by atoms with Crippen LogP contribution in [-0.4, -0.2) is 24.5 Å². The molecule has 1 amide bonds. The number of aromatic nitrogens is 1. The Labute approximate surface area is 178 Å². The second-order valence-electron chi connectivity index (χ2n) is 6.89. The molecule has 1 saturated heterocycles. The van der Waals surface area contributed by atoms with Gasteiger partial charge < -0.3 is 10.1 Å². The van der Waals surface area contributed by atoms with Crippen LogP contribution in [0.1, 0.15) is 17.2 Å². The molecule has 0 spiro atoms. The number of aryl methyl sites for hydroxylation is 1. The molecule has 6 nitrogen and oxygen atoms in total. The zero-order chi connectivity index (χ0) is 20.4. The van der Waals surface area contributed by atoms with E-state index < -0.39 is 0 Å². The van der Waals surface area contributed by atoms with E-state index in [1.165, 1.54) is 11.3 Å². The monoisotopic (exact) mass is 428 g/mol. The second-order valence-corrected chi connectivity index (χ2v) is 8.19. The molecule has 3 aromatic rings. The van der Waals surface area contributed by atoms with Crippen LogP contribution in [-0.2, 0) is 4.79 Å². The topological polar surface area (TPSA) is 75.3 Å². The van der Waals surface area contributed by atoms with Crippen molar-refractivity contribution < 1.29 is 9.53 Å². The van der Waals surface area contributed by atoms with Crippen molar-refractivity contribution in [3.63, 3.8) is 0 Å². The Bertz CT molecular complexity index is 1020.